The SMILES string of the molecule is CCCCC(Br)c1cc(C(Br)CCCC)ncn1. The Morgan fingerprint density at radius 2 is 1.39 bits per heavy atom. The normalized spacial score (nSPS) is 14.4. The van der Waals surface area contributed by atoms with Crippen LogP contribution in [0.15, 0.2) is 12.4 Å². The number of hydrogen-bond donors (Lipinski definition) is 0. The summed E-state index contributed by atoms with van der Waals surface area (Å²) in [6.45, 7) is 4.43. The summed E-state index contributed by atoms with van der Waals surface area (Å²) in [6, 6.07) is 2.13. The van der Waals surface area contributed by atoms with Gasteiger partial charge in [0.15, 0.2) is 0 Å². The monoisotopic (exact) mass is 376 g/mol. The van der Waals surface area contributed by atoms with E-state index in [0.29, 0.717) is 9.65 Å². The number of alkyl halides is 2. The van der Waals surface area contributed by atoms with E-state index in [-0.39, 0.29) is 0 Å². The Labute approximate surface area is 127 Å². The van der Waals surface area contributed by atoms with Crippen LogP contribution in [0.3, 0.4) is 0 Å². The number of rotatable bonds is 8. The third-order valence-corrected chi connectivity index (χ3v) is 4.83. The summed E-state index contributed by atoms with van der Waals surface area (Å²) >= 11 is 7.43. The number of unbranched alkanes of at least 4 members (excludes halogenated alkanes) is 2. The number of nitrogens with zero attached hydrogens (tertiary/aromatic N) is 2. The first-order chi connectivity index (χ1) is 8.69. The molecule has 0 saturated carbocycles. The van der Waals surface area contributed by atoms with Crippen molar-refractivity contribution in [3.63, 3.8) is 0 Å². The second-order valence-corrected chi connectivity index (χ2v) is 6.80. The van der Waals surface area contributed by atoms with Crippen LogP contribution in [0, 0.1) is 0 Å². The molecule has 1 rings (SSSR count). The average Bonchev–Trinajstić information content (AvgIpc) is 2.42. The third kappa shape index (κ3) is 5.35. The van der Waals surface area contributed by atoms with Gasteiger partial charge in [-0.05, 0) is 18.9 Å². The van der Waals surface area contributed by atoms with Crippen LogP contribution in [-0.2, 0) is 0 Å². The summed E-state index contributed by atoms with van der Waals surface area (Å²) in [5, 5.41) is 0. The zero-order valence-corrected chi connectivity index (χ0v) is 14.4. The van der Waals surface area contributed by atoms with E-state index in [0.717, 1.165) is 24.2 Å². The molecule has 0 aliphatic carbocycles. The fraction of sp³-hybridized carbons (Fsp3) is 0.714. The minimum atomic E-state index is 0.352. The summed E-state index contributed by atoms with van der Waals surface area (Å²) in [4.78, 5) is 9.46. The lowest BCUT2D eigenvalue weighted by atomic mass is 10.1. The van der Waals surface area contributed by atoms with E-state index in [1.54, 1.807) is 6.33 Å². The molecule has 2 unspecified atom stereocenters. The van der Waals surface area contributed by atoms with E-state index in [1.165, 1.54) is 25.7 Å². The average molecular weight is 378 g/mol. The van der Waals surface area contributed by atoms with Gasteiger partial charge in [-0.15, -0.1) is 0 Å². The molecule has 1 heterocycles. The Kier molecular flexibility index (Phi) is 8.07. The molecule has 1 aromatic heterocycles. The second kappa shape index (κ2) is 9.03. The predicted octanol–water partition coefficient (Wildman–Crippen LogP) is 5.73. The molecular formula is C14H22Br2N2. The zero-order chi connectivity index (χ0) is 13.4. The van der Waals surface area contributed by atoms with E-state index in [2.05, 4.69) is 61.7 Å². The predicted molar refractivity (Wildman–Crippen MR) is 84.4 cm³/mol. The van der Waals surface area contributed by atoms with Crippen molar-refractivity contribution in [3.8, 4) is 0 Å². The smallest absolute Gasteiger partial charge is 0.116 e. The summed E-state index contributed by atoms with van der Waals surface area (Å²) in [6.07, 6.45) is 8.84. The fourth-order valence-electron chi connectivity index (χ4n) is 1.79. The summed E-state index contributed by atoms with van der Waals surface area (Å²) in [7, 11) is 0. The van der Waals surface area contributed by atoms with Gasteiger partial charge in [-0.2, -0.15) is 0 Å². The molecule has 1 aromatic rings. The summed E-state index contributed by atoms with van der Waals surface area (Å²) < 4.78 is 0. The minimum Gasteiger partial charge on any atom is -0.240 e. The van der Waals surface area contributed by atoms with Gasteiger partial charge in [0.1, 0.15) is 6.33 Å². The fourth-order valence-corrected chi connectivity index (χ4v) is 2.94. The minimum absolute atomic E-state index is 0.352. The number of aromatic nitrogens is 2. The van der Waals surface area contributed by atoms with Gasteiger partial charge in [0.2, 0.25) is 0 Å². The number of hydrogen-bond acceptors (Lipinski definition) is 2. The van der Waals surface area contributed by atoms with Gasteiger partial charge in [0.05, 0.1) is 21.0 Å². The molecule has 0 aliphatic rings. The van der Waals surface area contributed by atoms with Crippen LogP contribution in [0.5, 0.6) is 0 Å². The van der Waals surface area contributed by atoms with Crippen molar-refractivity contribution < 1.29 is 0 Å². The lowest BCUT2D eigenvalue weighted by Gasteiger charge is -2.12. The van der Waals surface area contributed by atoms with Gasteiger partial charge in [-0.3, -0.25) is 0 Å². The molecule has 0 radical (unpaired) electrons. The van der Waals surface area contributed by atoms with Crippen molar-refractivity contribution in [3.05, 3.63) is 23.8 Å². The van der Waals surface area contributed by atoms with E-state index < -0.39 is 0 Å². The maximum absolute atomic E-state index is 4.38. The van der Waals surface area contributed by atoms with E-state index in [9.17, 15) is 0 Å². The van der Waals surface area contributed by atoms with Crippen molar-refractivity contribution >= 4 is 31.9 Å². The van der Waals surface area contributed by atoms with Crippen molar-refractivity contribution in [1.82, 2.24) is 9.97 Å². The Balaban J connectivity index is 2.66. The van der Waals surface area contributed by atoms with Crippen LogP contribution >= 0.6 is 31.9 Å². The van der Waals surface area contributed by atoms with Gasteiger partial charge in [-0.25, -0.2) is 9.97 Å². The Morgan fingerprint density at radius 3 is 1.78 bits per heavy atom. The standard InChI is InChI=1S/C14H22Br2N2/c1-3-5-7-11(15)13-9-14(18-10-17-13)12(16)8-6-4-2/h9-12H,3-8H2,1-2H3. The zero-order valence-electron chi connectivity index (χ0n) is 11.2. The maximum Gasteiger partial charge on any atom is 0.116 e. The van der Waals surface area contributed by atoms with Gasteiger partial charge >= 0.3 is 0 Å². The molecule has 2 atom stereocenters. The molecule has 0 bridgehead atoms. The largest absolute Gasteiger partial charge is 0.240 e. The highest BCUT2D eigenvalue weighted by Crippen LogP contribution is 2.31. The van der Waals surface area contributed by atoms with Crippen LogP contribution in [-0.4, -0.2) is 9.97 Å². The molecule has 2 nitrogen and oxygen atoms in total. The molecule has 0 spiro atoms. The lowest BCUT2D eigenvalue weighted by Crippen LogP contribution is -2.00. The highest BCUT2D eigenvalue weighted by molar-refractivity contribution is 9.09. The number of halogens is 2. The summed E-state index contributed by atoms with van der Waals surface area (Å²) in [5.41, 5.74) is 2.21. The highest BCUT2D eigenvalue weighted by Gasteiger charge is 2.13. The van der Waals surface area contributed by atoms with Crippen LogP contribution in [0.2, 0.25) is 0 Å². The molecule has 0 amide bonds. The molecule has 4 heteroatoms. The van der Waals surface area contributed by atoms with Crippen LogP contribution in [0.4, 0.5) is 0 Å². The second-order valence-electron chi connectivity index (χ2n) is 4.59. The van der Waals surface area contributed by atoms with Crippen molar-refractivity contribution in [2.24, 2.45) is 0 Å². The van der Waals surface area contributed by atoms with Crippen LogP contribution < -0.4 is 0 Å². The highest BCUT2D eigenvalue weighted by atomic mass is 79.9. The van der Waals surface area contributed by atoms with Crippen molar-refractivity contribution in [2.75, 3.05) is 0 Å². The Morgan fingerprint density at radius 1 is 0.944 bits per heavy atom. The molecule has 0 fully saturated rings. The first-order valence-electron chi connectivity index (χ1n) is 6.79. The molecule has 0 N–H and O–H groups in total. The maximum atomic E-state index is 4.38. The third-order valence-electron chi connectivity index (χ3n) is 2.97. The van der Waals surface area contributed by atoms with Crippen LogP contribution in [0.1, 0.15) is 73.4 Å². The molecular weight excluding hydrogens is 356 g/mol. The Hall–Kier alpha value is 0.0400. The topological polar surface area (TPSA) is 25.8 Å². The molecule has 18 heavy (non-hydrogen) atoms. The van der Waals surface area contributed by atoms with Gasteiger partial charge < -0.3 is 0 Å². The van der Waals surface area contributed by atoms with E-state index >= 15 is 0 Å². The first kappa shape index (κ1) is 16.1. The molecule has 0 aromatic carbocycles. The van der Waals surface area contributed by atoms with Crippen molar-refractivity contribution in [1.29, 1.82) is 0 Å². The molecule has 0 saturated heterocycles. The van der Waals surface area contributed by atoms with E-state index in [1.807, 2.05) is 0 Å². The quantitative estimate of drug-likeness (QED) is 0.540. The van der Waals surface area contributed by atoms with Crippen LogP contribution in [0.25, 0.3) is 0 Å². The van der Waals surface area contributed by atoms with Gasteiger partial charge in [0, 0.05) is 0 Å². The lowest BCUT2D eigenvalue weighted by molar-refractivity contribution is 0.685. The van der Waals surface area contributed by atoms with Gasteiger partial charge in [-0.1, -0.05) is 71.4 Å². The summed E-state index contributed by atoms with van der Waals surface area (Å²) in [5.74, 6) is 0. The van der Waals surface area contributed by atoms with E-state index in [4.69, 9.17) is 0 Å². The van der Waals surface area contributed by atoms with Crippen molar-refractivity contribution in [2.45, 2.75) is 62.0 Å². The Bertz CT molecular complexity index is 315. The molecule has 0 aliphatic heterocycles. The molecule has 102 valence electrons. The first-order valence-corrected chi connectivity index (χ1v) is 8.62. The van der Waals surface area contributed by atoms with Gasteiger partial charge in [0.25, 0.3) is 0 Å².